The Morgan fingerprint density at radius 2 is 1.20 bits per heavy atom. The minimum atomic E-state index is 0.972. The molecular formula is C44H40N2OS3. The van der Waals surface area contributed by atoms with Crippen LogP contribution in [0.3, 0.4) is 0 Å². The molecule has 3 nitrogen and oxygen atoms in total. The van der Waals surface area contributed by atoms with E-state index in [-0.39, 0.29) is 0 Å². The summed E-state index contributed by atoms with van der Waals surface area (Å²) in [4.78, 5) is 8.98. The monoisotopic (exact) mass is 708 g/mol. The third kappa shape index (κ3) is 9.16. The van der Waals surface area contributed by atoms with E-state index < -0.39 is 0 Å². The number of rotatable bonds is 0. The van der Waals surface area contributed by atoms with Crippen molar-refractivity contribution in [2.75, 3.05) is 0 Å². The number of nitrogens with one attached hydrogen (secondary N) is 1. The van der Waals surface area contributed by atoms with Gasteiger partial charge in [-0.05, 0) is 116 Å². The lowest BCUT2D eigenvalue weighted by atomic mass is 10.2. The van der Waals surface area contributed by atoms with Crippen molar-refractivity contribution in [1.82, 2.24) is 9.97 Å². The normalized spacial score (nSPS) is 10.5. The summed E-state index contributed by atoms with van der Waals surface area (Å²) in [7, 11) is 0. The van der Waals surface area contributed by atoms with Crippen molar-refractivity contribution in [1.29, 1.82) is 0 Å². The summed E-state index contributed by atoms with van der Waals surface area (Å²) in [5.41, 5.74) is 5.92. The van der Waals surface area contributed by atoms with Crippen molar-refractivity contribution >= 4 is 86.3 Å². The van der Waals surface area contributed by atoms with Crippen molar-refractivity contribution in [2.45, 2.75) is 34.6 Å². The zero-order chi connectivity index (χ0) is 34.9. The molecule has 0 aliphatic rings. The maximum atomic E-state index is 5.37. The average molecular weight is 709 g/mol. The molecule has 0 saturated heterocycles. The first-order chi connectivity index (χ1) is 24.3. The number of H-pyrrole nitrogens is 1. The van der Waals surface area contributed by atoms with Gasteiger partial charge >= 0.3 is 0 Å². The van der Waals surface area contributed by atoms with Crippen molar-refractivity contribution in [3.05, 3.63) is 172 Å². The molecule has 250 valence electrons. The van der Waals surface area contributed by atoms with E-state index in [0.717, 1.165) is 21.9 Å². The molecule has 10 aromatic rings. The highest BCUT2D eigenvalue weighted by Gasteiger charge is 1.98. The van der Waals surface area contributed by atoms with Crippen LogP contribution < -0.4 is 0 Å². The molecule has 0 aliphatic carbocycles. The molecule has 0 fully saturated rings. The van der Waals surface area contributed by atoms with Crippen LogP contribution in [0.1, 0.15) is 26.9 Å². The number of fused-ring (bicyclic) bond motifs is 5. The van der Waals surface area contributed by atoms with Crippen molar-refractivity contribution in [3.63, 3.8) is 0 Å². The Bertz CT molecular complexity index is 2150. The van der Waals surface area contributed by atoms with Crippen LogP contribution in [0.25, 0.3) is 52.3 Å². The number of hydrogen-bond donors (Lipinski definition) is 1. The third-order valence-corrected chi connectivity index (χ3v) is 10.9. The third-order valence-electron chi connectivity index (χ3n) is 7.84. The smallest absolute Gasteiger partial charge is 0.134 e. The Morgan fingerprint density at radius 1 is 0.560 bits per heavy atom. The Balaban J connectivity index is 0.000000108. The number of nitrogens with zero attached hydrogens (tertiary/aromatic N) is 1. The maximum Gasteiger partial charge on any atom is 0.134 e. The van der Waals surface area contributed by atoms with Crippen LogP contribution in [-0.2, 0) is 0 Å². The average Bonchev–Trinajstić information content (AvgIpc) is 3.95. The molecule has 0 bridgehead atoms. The molecule has 50 heavy (non-hydrogen) atoms. The maximum absolute atomic E-state index is 5.37. The van der Waals surface area contributed by atoms with Gasteiger partial charge in [0.25, 0.3) is 0 Å². The van der Waals surface area contributed by atoms with Gasteiger partial charge in [-0.25, -0.2) is 4.98 Å². The number of para-hydroxylation sites is 3. The Morgan fingerprint density at radius 3 is 1.92 bits per heavy atom. The summed E-state index contributed by atoms with van der Waals surface area (Å²) in [6.45, 7) is 10.4. The molecule has 0 radical (unpaired) electrons. The van der Waals surface area contributed by atoms with Crippen LogP contribution in [-0.4, -0.2) is 9.97 Å². The topological polar surface area (TPSA) is 41.8 Å². The molecule has 0 aliphatic heterocycles. The number of thiophene rings is 2. The van der Waals surface area contributed by atoms with E-state index in [1.54, 1.807) is 11.3 Å². The molecule has 0 saturated carbocycles. The van der Waals surface area contributed by atoms with Gasteiger partial charge in [0.1, 0.15) is 11.3 Å². The Kier molecular flexibility index (Phi) is 11.6. The summed E-state index contributed by atoms with van der Waals surface area (Å²) >= 11 is 5.41. The molecule has 0 unspecified atom stereocenters. The van der Waals surface area contributed by atoms with Gasteiger partial charge in [-0.15, -0.1) is 34.0 Å². The second kappa shape index (κ2) is 16.6. The molecule has 10 rings (SSSR count). The number of aromatic nitrogens is 2. The highest BCUT2D eigenvalue weighted by Crippen LogP contribution is 2.25. The fourth-order valence-electron chi connectivity index (χ4n) is 5.55. The van der Waals surface area contributed by atoms with Gasteiger partial charge in [0.05, 0.1) is 15.2 Å². The van der Waals surface area contributed by atoms with Gasteiger partial charge in [-0.2, -0.15) is 0 Å². The van der Waals surface area contributed by atoms with Crippen LogP contribution in [0, 0.1) is 34.6 Å². The van der Waals surface area contributed by atoms with Crippen LogP contribution in [0.15, 0.2) is 149 Å². The lowest BCUT2D eigenvalue weighted by molar-refractivity contribution is 0.578. The molecule has 0 atom stereocenters. The largest absolute Gasteiger partial charge is 0.461 e. The van der Waals surface area contributed by atoms with E-state index in [9.17, 15) is 0 Å². The number of aromatic amines is 1. The number of benzene rings is 5. The van der Waals surface area contributed by atoms with Gasteiger partial charge in [-0.1, -0.05) is 84.9 Å². The zero-order valence-corrected chi connectivity index (χ0v) is 31.4. The molecule has 1 N–H and O–H groups in total. The lowest BCUT2D eigenvalue weighted by Crippen LogP contribution is -1.65. The summed E-state index contributed by atoms with van der Waals surface area (Å²) in [6, 6.07) is 47.9. The van der Waals surface area contributed by atoms with Crippen molar-refractivity contribution in [3.8, 4) is 0 Å². The summed E-state index contributed by atoms with van der Waals surface area (Å²) in [6.07, 6.45) is 0. The fourth-order valence-corrected chi connectivity index (χ4v) is 8.24. The number of aryl methyl sites for hydroxylation is 5. The van der Waals surface area contributed by atoms with Gasteiger partial charge in [0.2, 0.25) is 0 Å². The first kappa shape index (κ1) is 34.8. The first-order valence-corrected chi connectivity index (χ1v) is 19.0. The molecule has 6 heteroatoms. The lowest BCUT2D eigenvalue weighted by Gasteiger charge is -1.86. The SMILES string of the molecule is Cc1cc2ccccc2[nH]1.Cc1cc2ccccc2o1.Cc1cc2ccccc2s1.Cc1csc2ccccc12.Cc1nc2ccccc2s1. The van der Waals surface area contributed by atoms with Gasteiger partial charge in [0, 0.05) is 30.9 Å². The van der Waals surface area contributed by atoms with E-state index in [0.29, 0.717) is 0 Å². The minimum Gasteiger partial charge on any atom is -0.461 e. The van der Waals surface area contributed by atoms with Crippen LogP contribution in [0.5, 0.6) is 0 Å². The van der Waals surface area contributed by atoms with E-state index in [1.807, 2.05) is 91.1 Å². The highest BCUT2D eigenvalue weighted by atomic mass is 32.1. The number of hydrogen-bond acceptors (Lipinski definition) is 5. The van der Waals surface area contributed by atoms with E-state index in [2.05, 4.69) is 121 Å². The van der Waals surface area contributed by atoms with Crippen molar-refractivity contribution < 1.29 is 4.42 Å². The summed E-state index contributed by atoms with van der Waals surface area (Å²) in [5.74, 6) is 0.973. The fraction of sp³-hybridized carbons (Fsp3) is 0.114. The van der Waals surface area contributed by atoms with Crippen LogP contribution in [0.2, 0.25) is 0 Å². The van der Waals surface area contributed by atoms with Crippen LogP contribution in [0.4, 0.5) is 0 Å². The number of thiazole rings is 1. The van der Waals surface area contributed by atoms with E-state index in [1.165, 1.54) is 57.3 Å². The zero-order valence-electron chi connectivity index (χ0n) is 28.9. The van der Waals surface area contributed by atoms with Gasteiger partial charge < -0.3 is 9.40 Å². The van der Waals surface area contributed by atoms with Gasteiger partial charge in [0.15, 0.2) is 0 Å². The highest BCUT2D eigenvalue weighted by molar-refractivity contribution is 7.19. The molecule has 5 heterocycles. The molecular weight excluding hydrogens is 669 g/mol. The summed E-state index contributed by atoms with van der Waals surface area (Å²) < 4.78 is 9.42. The molecule has 0 amide bonds. The Hall–Kier alpha value is -5.01. The predicted molar refractivity (Wildman–Crippen MR) is 221 cm³/mol. The van der Waals surface area contributed by atoms with Crippen molar-refractivity contribution in [2.24, 2.45) is 0 Å². The van der Waals surface area contributed by atoms with E-state index >= 15 is 0 Å². The molecule has 5 aromatic carbocycles. The predicted octanol–water partition coefficient (Wildman–Crippen LogP) is 14.2. The van der Waals surface area contributed by atoms with Gasteiger partial charge in [-0.3, -0.25) is 0 Å². The molecule has 5 aromatic heterocycles. The standard InChI is InChI=1S/C9H9N.C9H8O.2C9H8S.C8H7NS/c2*1-7-6-8-4-2-3-5-9(8)10-7;1-7-6-10-9-5-3-2-4-8(7)9;1-7-6-8-4-2-3-5-9(8)10-7;1-6-9-7-4-2-3-5-8(7)10-6/h2-6,10H,1H3;3*2-6H,1H3;2-5H,1H3. The van der Waals surface area contributed by atoms with Crippen LogP contribution >= 0.6 is 34.0 Å². The second-order valence-electron chi connectivity index (χ2n) is 11.9. The number of furan rings is 1. The second-order valence-corrected chi connectivity index (χ2v) is 15.4. The summed E-state index contributed by atoms with van der Waals surface area (Å²) in [5, 5.41) is 8.57. The van der Waals surface area contributed by atoms with E-state index in [4.69, 9.17) is 4.42 Å². The minimum absolute atomic E-state index is 0.972. The molecule has 0 spiro atoms. The Labute approximate surface area is 305 Å². The quantitative estimate of drug-likeness (QED) is 0.170. The first-order valence-electron chi connectivity index (χ1n) is 16.5.